The molecule has 0 heterocycles. The molecule has 0 amide bonds. The van der Waals surface area contributed by atoms with Gasteiger partial charge in [-0.1, -0.05) is 37.3 Å². The molecule has 0 bridgehead atoms. The first-order chi connectivity index (χ1) is 12.2. The van der Waals surface area contributed by atoms with Gasteiger partial charge in [0.25, 0.3) is 0 Å². The lowest BCUT2D eigenvalue weighted by Gasteiger charge is -2.14. The molecule has 0 aliphatic carbocycles. The van der Waals surface area contributed by atoms with E-state index >= 15 is 0 Å². The lowest BCUT2D eigenvalue weighted by atomic mass is 10.2. The molecule has 0 fully saturated rings. The molecule has 2 aromatic rings. The second-order valence-electron chi connectivity index (χ2n) is 5.69. The summed E-state index contributed by atoms with van der Waals surface area (Å²) >= 11 is 0. The second kappa shape index (κ2) is 10.4. The molecule has 0 saturated heterocycles. The van der Waals surface area contributed by atoms with Crippen molar-refractivity contribution in [3.05, 3.63) is 60.2 Å². The van der Waals surface area contributed by atoms with Crippen LogP contribution in [0.1, 0.15) is 25.3 Å². The molecule has 2 rings (SSSR count). The maximum Gasteiger partial charge on any atom is 0.344 e. The van der Waals surface area contributed by atoms with E-state index in [0.717, 1.165) is 24.3 Å². The van der Waals surface area contributed by atoms with Crippen LogP contribution in [0.3, 0.4) is 0 Å². The Kier molecular flexibility index (Phi) is 7.79. The number of hydrogen-bond donors (Lipinski definition) is 2. The van der Waals surface area contributed by atoms with Crippen LogP contribution in [0.4, 0.5) is 0 Å². The lowest BCUT2D eigenvalue weighted by Crippen LogP contribution is -2.26. The SMILES string of the molecule is CCC(Oc1cccc(CNCCCOc2ccccc2)c1)C(=O)O. The van der Waals surface area contributed by atoms with Crippen molar-refractivity contribution in [3.8, 4) is 11.5 Å². The maximum atomic E-state index is 11.0. The number of carboxylic acids is 1. The molecule has 2 N–H and O–H groups in total. The smallest absolute Gasteiger partial charge is 0.344 e. The Morgan fingerprint density at radius 1 is 1.12 bits per heavy atom. The van der Waals surface area contributed by atoms with Crippen LogP contribution in [-0.2, 0) is 11.3 Å². The van der Waals surface area contributed by atoms with Crippen LogP contribution < -0.4 is 14.8 Å². The van der Waals surface area contributed by atoms with Gasteiger partial charge in [0.1, 0.15) is 11.5 Å². The van der Waals surface area contributed by atoms with Crippen molar-refractivity contribution in [2.45, 2.75) is 32.4 Å². The van der Waals surface area contributed by atoms with E-state index in [-0.39, 0.29) is 0 Å². The molecule has 5 nitrogen and oxygen atoms in total. The number of carbonyl (C=O) groups is 1. The Morgan fingerprint density at radius 2 is 1.88 bits per heavy atom. The first-order valence-electron chi connectivity index (χ1n) is 8.56. The van der Waals surface area contributed by atoms with Crippen LogP contribution in [0.2, 0.25) is 0 Å². The lowest BCUT2D eigenvalue weighted by molar-refractivity contribution is -0.145. The van der Waals surface area contributed by atoms with Gasteiger partial charge < -0.3 is 19.9 Å². The van der Waals surface area contributed by atoms with Crippen molar-refractivity contribution in [2.24, 2.45) is 0 Å². The van der Waals surface area contributed by atoms with Crippen molar-refractivity contribution in [3.63, 3.8) is 0 Å². The van der Waals surface area contributed by atoms with E-state index in [1.807, 2.05) is 48.5 Å². The number of para-hydroxylation sites is 1. The van der Waals surface area contributed by atoms with E-state index in [9.17, 15) is 4.79 Å². The minimum Gasteiger partial charge on any atom is -0.494 e. The molecule has 0 saturated carbocycles. The van der Waals surface area contributed by atoms with E-state index in [1.165, 1.54) is 0 Å². The summed E-state index contributed by atoms with van der Waals surface area (Å²) in [4.78, 5) is 11.0. The van der Waals surface area contributed by atoms with Gasteiger partial charge in [0, 0.05) is 6.54 Å². The van der Waals surface area contributed by atoms with Gasteiger partial charge in [-0.25, -0.2) is 4.79 Å². The van der Waals surface area contributed by atoms with E-state index in [2.05, 4.69) is 5.32 Å². The number of benzene rings is 2. The average Bonchev–Trinajstić information content (AvgIpc) is 2.63. The summed E-state index contributed by atoms with van der Waals surface area (Å²) in [6, 6.07) is 17.3. The highest BCUT2D eigenvalue weighted by molar-refractivity contribution is 5.72. The van der Waals surface area contributed by atoms with E-state index in [0.29, 0.717) is 25.3 Å². The highest BCUT2D eigenvalue weighted by Gasteiger charge is 2.16. The second-order valence-corrected chi connectivity index (χ2v) is 5.69. The third kappa shape index (κ3) is 6.85. The van der Waals surface area contributed by atoms with Crippen LogP contribution in [0, 0.1) is 0 Å². The zero-order chi connectivity index (χ0) is 17.9. The van der Waals surface area contributed by atoms with Crippen molar-refractivity contribution in [1.82, 2.24) is 5.32 Å². The quantitative estimate of drug-likeness (QED) is 0.611. The van der Waals surface area contributed by atoms with Crippen molar-refractivity contribution in [1.29, 1.82) is 0 Å². The molecule has 0 aliphatic rings. The Bertz CT molecular complexity index is 645. The molecule has 0 aliphatic heterocycles. The van der Waals surface area contributed by atoms with Crippen molar-refractivity contribution >= 4 is 5.97 Å². The largest absolute Gasteiger partial charge is 0.494 e. The molecule has 5 heteroatoms. The summed E-state index contributed by atoms with van der Waals surface area (Å²) in [6.45, 7) is 4.00. The van der Waals surface area contributed by atoms with E-state index in [4.69, 9.17) is 14.6 Å². The van der Waals surface area contributed by atoms with Gasteiger partial charge in [-0.2, -0.15) is 0 Å². The fourth-order valence-electron chi connectivity index (χ4n) is 2.34. The number of nitrogens with one attached hydrogen (secondary N) is 1. The third-order valence-corrected chi connectivity index (χ3v) is 3.66. The third-order valence-electron chi connectivity index (χ3n) is 3.66. The summed E-state index contributed by atoms with van der Waals surface area (Å²) in [5.41, 5.74) is 1.06. The minimum absolute atomic E-state index is 0.430. The molecule has 25 heavy (non-hydrogen) atoms. The van der Waals surface area contributed by atoms with Crippen molar-refractivity contribution in [2.75, 3.05) is 13.2 Å². The Morgan fingerprint density at radius 3 is 2.60 bits per heavy atom. The summed E-state index contributed by atoms with van der Waals surface area (Å²) < 4.78 is 11.2. The standard InChI is InChI=1S/C20H25NO4/c1-2-19(20(22)23)25-18-11-6-8-16(14-18)15-21-12-7-13-24-17-9-4-3-5-10-17/h3-6,8-11,14,19,21H,2,7,12-13,15H2,1H3,(H,22,23). The van der Waals surface area contributed by atoms with Gasteiger partial charge >= 0.3 is 5.97 Å². The topological polar surface area (TPSA) is 67.8 Å². The highest BCUT2D eigenvalue weighted by atomic mass is 16.5. The molecule has 1 unspecified atom stereocenters. The van der Waals surface area contributed by atoms with Gasteiger partial charge in [0.15, 0.2) is 6.10 Å². The van der Waals surface area contributed by atoms with Crippen LogP contribution in [0.5, 0.6) is 11.5 Å². The van der Waals surface area contributed by atoms with Crippen LogP contribution in [-0.4, -0.2) is 30.3 Å². The van der Waals surface area contributed by atoms with E-state index < -0.39 is 12.1 Å². The number of ether oxygens (including phenoxy) is 2. The van der Waals surface area contributed by atoms with Gasteiger partial charge in [-0.3, -0.25) is 0 Å². The zero-order valence-electron chi connectivity index (χ0n) is 14.5. The van der Waals surface area contributed by atoms with E-state index in [1.54, 1.807) is 13.0 Å². The molecule has 0 radical (unpaired) electrons. The summed E-state index contributed by atoms with van der Waals surface area (Å²) in [5, 5.41) is 12.4. The molecular weight excluding hydrogens is 318 g/mol. The van der Waals surface area contributed by atoms with Gasteiger partial charge in [-0.15, -0.1) is 0 Å². The molecule has 0 aromatic heterocycles. The number of aliphatic carboxylic acids is 1. The van der Waals surface area contributed by atoms with Gasteiger partial charge in [0.2, 0.25) is 0 Å². The van der Waals surface area contributed by atoms with Crippen molar-refractivity contribution < 1.29 is 19.4 Å². The fourth-order valence-corrected chi connectivity index (χ4v) is 2.34. The molecule has 134 valence electrons. The Labute approximate surface area is 148 Å². The maximum absolute atomic E-state index is 11.0. The fraction of sp³-hybridized carbons (Fsp3) is 0.350. The van der Waals surface area contributed by atoms with Crippen LogP contribution in [0.15, 0.2) is 54.6 Å². The summed E-state index contributed by atoms with van der Waals surface area (Å²) in [6.07, 6.45) is 0.527. The number of carboxylic acid groups (broad SMARTS) is 1. The average molecular weight is 343 g/mol. The minimum atomic E-state index is -0.940. The molecular formula is C20H25NO4. The molecule has 2 aromatic carbocycles. The highest BCUT2D eigenvalue weighted by Crippen LogP contribution is 2.16. The Hall–Kier alpha value is -2.53. The number of hydrogen-bond acceptors (Lipinski definition) is 4. The normalized spacial score (nSPS) is 11.7. The predicted octanol–water partition coefficient (Wildman–Crippen LogP) is 3.49. The first-order valence-corrected chi connectivity index (χ1v) is 8.56. The number of rotatable bonds is 11. The van der Waals surface area contributed by atoms with Gasteiger partial charge in [0.05, 0.1) is 6.61 Å². The summed E-state index contributed by atoms with van der Waals surface area (Å²) in [5.74, 6) is 0.529. The summed E-state index contributed by atoms with van der Waals surface area (Å²) in [7, 11) is 0. The molecule has 1 atom stereocenters. The zero-order valence-corrected chi connectivity index (χ0v) is 14.5. The van der Waals surface area contributed by atoms with Crippen LogP contribution >= 0.6 is 0 Å². The Balaban J connectivity index is 1.68. The monoisotopic (exact) mass is 343 g/mol. The van der Waals surface area contributed by atoms with Crippen LogP contribution in [0.25, 0.3) is 0 Å². The molecule has 0 spiro atoms. The predicted molar refractivity (Wildman–Crippen MR) is 97.0 cm³/mol. The van der Waals surface area contributed by atoms with Gasteiger partial charge in [-0.05, 0) is 49.2 Å². The first kappa shape index (κ1) is 18.8.